The van der Waals surface area contributed by atoms with Gasteiger partial charge in [0.25, 0.3) is 0 Å². The molecule has 0 saturated carbocycles. The van der Waals surface area contributed by atoms with Crippen LogP contribution in [0.4, 0.5) is 14.5 Å². The maximum atomic E-state index is 13.5. The Hall–Kier alpha value is -1.61. The van der Waals surface area contributed by atoms with E-state index in [1.807, 2.05) is 24.3 Å². The third-order valence-corrected chi connectivity index (χ3v) is 5.30. The average molecular weight is 444 g/mol. The Labute approximate surface area is 148 Å². The number of carbonyl (C=O) groups excluding carboxylic acids is 1. The molecule has 0 radical (unpaired) electrons. The topological polar surface area (TPSA) is 42.0 Å². The third kappa shape index (κ3) is 3.84. The molecule has 0 aliphatic rings. The lowest BCUT2D eigenvalue weighted by atomic mass is 10.2. The van der Waals surface area contributed by atoms with Crippen LogP contribution in [0.3, 0.4) is 0 Å². The molecule has 23 heavy (non-hydrogen) atoms. The molecule has 3 aromatic rings. The average Bonchev–Trinajstić information content (AvgIpc) is 2.93. The molecule has 0 spiro atoms. The van der Waals surface area contributed by atoms with Crippen LogP contribution in [0.1, 0.15) is 11.4 Å². The zero-order valence-electron chi connectivity index (χ0n) is 11.8. The zero-order chi connectivity index (χ0) is 16.4. The van der Waals surface area contributed by atoms with Gasteiger partial charge < -0.3 is 5.32 Å². The van der Waals surface area contributed by atoms with Gasteiger partial charge in [0.15, 0.2) is 0 Å². The Morgan fingerprint density at radius 2 is 1.91 bits per heavy atom. The molecule has 1 heterocycles. The minimum Gasteiger partial charge on any atom is -0.326 e. The van der Waals surface area contributed by atoms with Crippen molar-refractivity contribution in [1.82, 2.24) is 4.98 Å². The van der Waals surface area contributed by atoms with Crippen LogP contribution in [0, 0.1) is 15.2 Å². The van der Waals surface area contributed by atoms with Crippen molar-refractivity contribution >= 4 is 55.7 Å². The number of benzene rings is 2. The molecule has 3 nitrogen and oxygen atoms in total. The van der Waals surface area contributed by atoms with Crippen LogP contribution >= 0.6 is 33.9 Å². The van der Waals surface area contributed by atoms with Crippen LogP contribution in [0.25, 0.3) is 10.2 Å². The van der Waals surface area contributed by atoms with Gasteiger partial charge in [-0.1, -0.05) is 12.1 Å². The van der Waals surface area contributed by atoms with Gasteiger partial charge in [-0.15, -0.1) is 11.3 Å². The number of carbonyl (C=O) groups is 1. The Kier molecular flexibility index (Phi) is 4.86. The highest BCUT2D eigenvalue weighted by Gasteiger charge is 2.11. The standard InChI is InChI=1S/C16H11F2IN2OS/c17-10-7-9(8-11(18)16(10)19)20-14(22)5-6-15-21-12-3-1-2-4-13(12)23-15/h1-4,7-8H,5-6H2,(H,20,22). The summed E-state index contributed by atoms with van der Waals surface area (Å²) in [5.74, 6) is -1.68. The molecule has 0 saturated heterocycles. The Morgan fingerprint density at radius 3 is 2.61 bits per heavy atom. The molecule has 0 fully saturated rings. The monoisotopic (exact) mass is 444 g/mol. The minimum atomic E-state index is -0.688. The van der Waals surface area contributed by atoms with Gasteiger partial charge in [-0.25, -0.2) is 13.8 Å². The fraction of sp³-hybridized carbons (Fsp3) is 0.125. The maximum absolute atomic E-state index is 13.5. The molecule has 0 aliphatic carbocycles. The summed E-state index contributed by atoms with van der Waals surface area (Å²) in [5, 5.41) is 3.37. The summed E-state index contributed by atoms with van der Waals surface area (Å²) in [5.41, 5.74) is 1.03. The second-order valence-corrected chi connectivity index (χ2v) is 7.07. The van der Waals surface area contributed by atoms with Crippen molar-refractivity contribution in [2.75, 3.05) is 5.32 Å². The Morgan fingerprint density at radius 1 is 1.22 bits per heavy atom. The molecule has 1 N–H and O–H groups in total. The number of thiazole rings is 1. The fourth-order valence-corrected chi connectivity index (χ4v) is 3.38. The van der Waals surface area contributed by atoms with E-state index in [0.29, 0.717) is 6.42 Å². The van der Waals surface area contributed by atoms with E-state index in [1.54, 1.807) is 33.9 Å². The number of anilines is 1. The molecule has 3 rings (SSSR count). The number of rotatable bonds is 4. The summed E-state index contributed by atoms with van der Waals surface area (Å²) in [7, 11) is 0. The number of aromatic nitrogens is 1. The molecule has 2 aromatic carbocycles. The number of nitrogens with one attached hydrogen (secondary N) is 1. The van der Waals surface area contributed by atoms with Gasteiger partial charge >= 0.3 is 0 Å². The van der Waals surface area contributed by atoms with Crippen LogP contribution in [-0.4, -0.2) is 10.9 Å². The number of hydrogen-bond donors (Lipinski definition) is 1. The molecule has 0 bridgehead atoms. The van der Waals surface area contributed by atoms with Gasteiger partial charge in [-0.3, -0.25) is 4.79 Å². The molecule has 0 aliphatic heterocycles. The molecule has 1 aromatic heterocycles. The molecule has 7 heteroatoms. The molecule has 118 valence electrons. The SMILES string of the molecule is O=C(CCc1nc2ccccc2s1)Nc1cc(F)c(I)c(F)c1. The summed E-state index contributed by atoms with van der Waals surface area (Å²) < 4.78 is 27.9. The smallest absolute Gasteiger partial charge is 0.224 e. The summed E-state index contributed by atoms with van der Waals surface area (Å²) in [6.45, 7) is 0. The first kappa shape index (κ1) is 16.3. The summed E-state index contributed by atoms with van der Waals surface area (Å²) in [6.07, 6.45) is 0.690. The second-order valence-electron chi connectivity index (χ2n) is 4.88. The van der Waals surface area contributed by atoms with Crippen molar-refractivity contribution in [1.29, 1.82) is 0 Å². The number of fused-ring (bicyclic) bond motifs is 1. The predicted octanol–water partition coefficient (Wildman–Crippen LogP) is 4.75. The lowest BCUT2D eigenvalue weighted by Gasteiger charge is -2.06. The molecule has 1 amide bonds. The van der Waals surface area contributed by atoms with E-state index in [9.17, 15) is 13.6 Å². The number of nitrogens with zero attached hydrogens (tertiary/aromatic N) is 1. The summed E-state index contributed by atoms with van der Waals surface area (Å²) in [4.78, 5) is 16.4. The highest BCUT2D eigenvalue weighted by molar-refractivity contribution is 14.1. The minimum absolute atomic E-state index is 0.0879. The number of para-hydroxylation sites is 1. The van der Waals surface area contributed by atoms with Gasteiger partial charge in [0.05, 0.1) is 18.8 Å². The largest absolute Gasteiger partial charge is 0.326 e. The quantitative estimate of drug-likeness (QED) is 0.466. The Balaban J connectivity index is 1.63. The lowest BCUT2D eigenvalue weighted by molar-refractivity contribution is -0.116. The molecular formula is C16H11F2IN2OS. The van der Waals surface area contributed by atoms with Gasteiger partial charge in [-0.05, 0) is 46.9 Å². The fourth-order valence-electron chi connectivity index (χ4n) is 2.10. The van der Waals surface area contributed by atoms with E-state index < -0.39 is 11.6 Å². The summed E-state index contributed by atoms with van der Waals surface area (Å²) in [6, 6.07) is 9.98. The molecular weight excluding hydrogens is 433 g/mol. The van der Waals surface area contributed by atoms with Crippen molar-refractivity contribution in [2.45, 2.75) is 12.8 Å². The molecule has 0 unspecified atom stereocenters. The number of hydrogen-bond acceptors (Lipinski definition) is 3. The van der Waals surface area contributed by atoms with Crippen LogP contribution in [0.15, 0.2) is 36.4 Å². The van der Waals surface area contributed by atoms with Crippen molar-refractivity contribution in [3.05, 3.63) is 56.6 Å². The van der Waals surface area contributed by atoms with Crippen LogP contribution in [0.5, 0.6) is 0 Å². The van der Waals surface area contributed by atoms with Crippen molar-refractivity contribution in [2.24, 2.45) is 0 Å². The van der Waals surface area contributed by atoms with Crippen LogP contribution in [-0.2, 0) is 11.2 Å². The highest BCUT2D eigenvalue weighted by Crippen LogP contribution is 2.23. The lowest BCUT2D eigenvalue weighted by Crippen LogP contribution is -2.13. The van der Waals surface area contributed by atoms with Crippen LogP contribution < -0.4 is 5.32 Å². The summed E-state index contributed by atoms with van der Waals surface area (Å²) >= 11 is 3.12. The van der Waals surface area contributed by atoms with E-state index in [4.69, 9.17) is 0 Å². The van der Waals surface area contributed by atoms with Gasteiger partial charge in [-0.2, -0.15) is 0 Å². The van der Waals surface area contributed by atoms with E-state index in [2.05, 4.69) is 10.3 Å². The van der Waals surface area contributed by atoms with Crippen molar-refractivity contribution < 1.29 is 13.6 Å². The number of amides is 1. The first-order chi connectivity index (χ1) is 11.0. The normalized spacial score (nSPS) is 10.9. The number of aryl methyl sites for hydroxylation is 1. The van der Waals surface area contributed by atoms with Gasteiger partial charge in [0, 0.05) is 18.5 Å². The van der Waals surface area contributed by atoms with E-state index in [0.717, 1.165) is 27.4 Å². The number of halogens is 3. The van der Waals surface area contributed by atoms with Crippen LogP contribution in [0.2, 0.25) is 0 Å². The van der Waals surface area contributed by atoms with Gasteiger partial charge in [0.1, 0.15) is 11.6 Å². The van der Waals surface area contributed by atoms with E-state index in [1.165, 1.54) is 0 Å². The maximum Gasteiger partial charge on any atom is 0.224 e. The van der Waals surface area contributed by atoms with Crippen molar-refractivity contribution in [3.8, 4) is 0 Å². The first-order valence-electron chi connectivity index (χ1n) is 6.82. The van der Waals surface area contributed by atoms with Crippen molar-refractivity contribution in [3.63, 3.8) is 0 Å². The Bertz CT molecular complexity index is 825. The predicted molar refractivity (Wildman–Crippen MR) is 95.6 cm³/mol. The second kappa shape index (κ2) is 6.88. The highest BCUT2D eigenvalue weighted by atomic mass is 127. The van der Waals surface area contributed by atoms with E-state index in [-0.39, 0.29) is 21.6 Å². The zero-order valence-corrected chi connectivity index (χ0v) is 14.7. The molecule has 0 atom stereocenters. The third-order valence-electron chi connectivity index (χ3n) is 3.17. The first-order valence-corrected chi connectivity index (χ1v) is 8.71. The van der Waals surface area contributed by atoms with Gasteiger partial charge in [0.2, 0.25) is 5.91 Å². The van der Waals surface area contributed by atoms with E-state index >= 15 is 0 Å².